The number of para-hydroxylation sites is 1. The Morgan fingerprint density at radius 3 is 2.04 bits per heavy atom. The molecule has 3 atom stereocenters. The van der Waals surface area contributed by atoms with Crippen LogP contribution in [0.25, 0.3) is 0 Å². The number of carbonyl (C=O) groups excluding carboxylic acids is 5. The molecule has 3 aromatic rings. The maximum Gasteiger partial charge on any atom is 0.315 e. The number of anilines is 1. The van der Waals surface area contributed by atoms with E-state index in [4.69, 9.17) is 16.3 Å². The van der Waals surface area contributed by atoms with Crippen molar-refractivity contribution in [3.63, 3.8) is 0 Å². The van der Waals surface area contributed by atoms with Crippen LogP contribution in [0.4, 0.5) is 5.69 Å². The van der Waals surface area contributed by atoms with Crippen LogP contribution in [0, 0.1) is 6.92 Å². The fourth-order valence-electron chi connectivity index (χ4n) is 5.74. The SMILES string of the molecule is CCCCCCCC(CCC(Cl)C(C(=O)c1ccccc1C)N1C(=O)c2ccccc2C1=O)OC(=O)CC(=O)Nc1ccccc1. The number of halogens is 1. The highest BCUT2D eigenvalue weighted by Crippen LogP contribution is 2.31. The second-order valence-corrected chi connectivity index (χ2v) is 12.2. The number of amides is 3. The van der Waals surface area contributed by atoms with Crippen LogP contribution < -0.4 is 5.32 Å². The van der Waals surface area contributed by atoms with Crippen LogP contribution >= 0.6 is 11.6 Å². The summed E-state index contributed by atoms with van der Waals surface area (Å²) < 4.78 is 5.79. The zero-order valence-electron chi connectivity index (χ0n) is 26.4. The van der Waals surface area contributed by atoms with E-state index in [-0.39, 0.29) is 24.0 Å². The normalized spacial score (nSPS) is 14.4. The molecule has 0 saturated heterocycles. The Bertz CT molecular complexity index is 1510. The molecule has 46 heavy (non-hydrogen) atoms. The van der Waals surface area contributed by atoms with Crippen LogP contribution in [-0.2, 0) is 14.3 Å². The Morgan fingerprint density at radius 1 is 0.783 bits per heavy atom. The smallest absolute Gasteiger partial charge is 0.315 e. The van der Waals surface area contributed by atoms with Crippen LogP contribution in [0.2, 0.25) is 0 Å². The van der Waals surface area contributed by atoms with Gasteiger partial charge in [-0.15, -0.1) is 11.6 Å². The van der Waals surface area contributed by atoms with E-state index in [1.165, 1.54) is 0 Å². The molecule has 3 unspecified atom stereocenters. The highest BCUT2D eigenvalue weighted by molar-refractivity contribution is 6.28. The number of ketones is 1. The van der Waals surface area contributed by atoms with E-state index < -0.39 is 53.4 Å². The van der Waals surface area contributed by atoms with Gasteiger partial charge < -0.3 is 10.1 Å². The maximum atomic E-state index is 14.0. The Hall–Kier alpha value is -4.30. The summed E-state index contributed by atoms with van der Waals surface area (Å²) >= 11 is 6.98. The number of esters is 1. The van der Waals surface area contributed by atoms with Crippen molar-refractivity contribution >= 4 is 46.8 Å². The highest BCUT2D eigenvalue weighted by Gasteiger charge is 2.46. The number of imide groups is 1. The quantitative estimate of drug-likeness (QED) is 0.0406. The van der Waals surface area contributed by atoms with Crippen molar-refractivity contribution < 1.29 is 28.7 Å². The van der Waals surface area contributed by atoms with E-state index in [2.05, 4.69) is 12.2 Å². The fourth-order valence-corrected chi connectivity index (χ4v) is 6.09. The number of aryl methyl sites for hydroxylation is 1. The van der Waals surface area contributed by atoms with Gasteiger partial charge in [-0.25, -0.2) is 0 Å². The van der Waals surface area contributed by atoms with Crippen molar-refractivity contribution in [1.82, 2.24) is 4.90 Å². The van der Waals surface area contributed by atoms with E-state index in [0.29, 0.717) is 23.2 Å². The minimum atomic E-state index is -1.27. The second-order valence-electron chi connectivity index (χ2n) is 11.6. The van der Waals surface area contributed by atoms with Gasteiger partial charge in [0, 0.05) is 11.3 Å². The van der Waals surface area contributed by atoms with Crippen molar-refractivity contribution in [3.05, 3.63) is 101 Å². The van der Waals surface area contributed by atoms with Crippen LogP contribution in [0.3, 0.4) is 0 Å². The lowest BCUT2D eigenvalue weighted by molar-refractivity contribution is -0.151. The van der Waals surface area contributed by atoms with Gasteiger partial charge in [0.2, 0.25) is 5.91 Å². The van der Waals surface area contributed by atoms with E-state index in [1.807, 2.05) is 6.07 Å². The molecule has 0 radical (unpaired) electrons. The molecular formula is C37H41ClN2O6. The highest BCUT2D eigenvalue weighted by atomic mass is 35.5. The molecule has 3 aromatic carbocycles. The third-order valence-electron chi connectivity index (χ3n) is 8.18. The minimum absolute atomic E-state index is 0.181. The van der Waals surface area contributed by atoms with Gasteiger partial charge in [0.25, 0.3) is 11.8 Å². The summed E-state index contributed by atoms with van der Waals surface area (Å²) in [6.45, 7) is 3.92. The lowest BCUT2D eigenvalue weighted by atomic mass is 9.93. The number of fused-ring (bicyclic) bond motifs is 1. The second kappa shape index (κ2) is 16.9. The molecule has 9 heteroatoms. The van der Waals surface area contributed by atoms with Gasteiger partial charge in [0.15, 0.2) is 5.78 Å². The number of rotatable bonds is 17. The molecule has 0 aromatic heterocycles. The van der Waals surface area contributed by atoms with E-state index >= 15 is 0 Å². The van der Waals surface area contributed by atoms with E-state index in [9.17, 15) is 24.0 Å². The van der Waals surface area contributed by atoms with Crippen molar-refractivity contribution in [2.75, 3.05) is 5.32 Å². The topological polar surface area (TPSA) is 110 Å². The lowest BCUT2D eigenvalue weighted by Crippen LogP contribution is -2.50. The van der Waals surface area contributed by atoms with Crippen molar-refractivity contribution in [1.29, 1.82) is 0 Å². The molecule has 0 saturated carbocycles. The van der Waals surface area contributed by atoms with Crippen LogP contribution in [0.1, 0.15) is 101 Å². The van der Waals surface area contributed by atoms with E-state index in [1.54, 1.807) is 79.7 Å². The number of Topliss-reactive ketones (excluding diaryl/α,β-unsaturated/α-hetero) is 1. The summed E-state index contributed by atoms with van der Waals surface area (Å²) in [7, 11) is 0. The van der Waals surface area contributed by atoms with Crippen molar-refractivity contribution in [2.24, 2.45) is 0 Å². The molecular weight excluding hydrogens is 604 g/mol. The van der Waals surface area contributed by atoms with Gasteiger partial charge in [-0.2, -0.15) is 0 Å². The largest absolute Gasteiger partial charge is 0.462 e. The minimum Gasteiger partial charge on any atom is -0.462 e. The monoisotopic (exact) mass is 644 g/mol. The molecule has 1 aliphatic rings. The number of nitrogens with zero attached hydrogens (tertiary/aromatic N) is 1. The standard InChI is InChI=1S/C37H41ClN2O6/c1-3-4-5-6-10-18-27(46-33(42)24-32(41)39-26-16-8-7-9-17-26)22-23-31(38)34(35(43)28-19-12-11-15-25(28)2)40-36(44)29-20-13-14-21-30(29)37(40)45/h7-9,11-17,19-21,27,31,34H,3-6,10,18,22-24H2,1-2H3,(H,39,41). The zero-order chi connectivity index (χ0) is 33.1. The molecule has 242 valence electrons. The van der Waals surface area contributed by atoms with Crippen molar-refractivity contribution in [3.8, 4) is 0 Å². The Morgan fingerprint density at radius 2 is 1.39 bits per heavy atom. The van der Waals surface area contributed by atoms with Crippen LogP contribution in [0.5, 0.6) is 0 Å². The Kier molecular flexibility index (Phi) is 12.7. The van der Waals surface area contributed by atoms with Crippen LogP contribution in [-0.4, -0.2) is 51.9 Å². The number of ether oxygens (including phenoxy) is 1. The molecule has 1 N–H and O–H groups in total. The summed E-state index contributed by atoms with van der Waals surface area (Å²) in [6, 6.07) is 21.0. The molecule has 4 rings (SSSR count). The molecule has 1 aliphatic heterocycles. The predicted octanol–water partition coefficient (Wildman–Crippen LogP) is 7.53. The van der Waals surface area contributed by atoms with Gasteiger partial charge in [0.1, 0.15) is 18.6 Å². The number of carbonyl (C=O) groups is 5. The number of alkyl halides is 1. The fraction of sp³-hybridized carbons (Fsp3) is 0.378. The van der Waals surface area contributed by atoms with Gasteiger partial charge in [0.05, 0.1) is 16.5 Å². The molecule has 1 heterocycles. The third-order valence-corrected chi connectivity index (χ3v) is 8.64. The molecule has 0 fully saturated rings. The van der Waals surface area contributed by atoms with Gasteiger partial charge in [-0.3, -0.25) is 28.9 Å². The first kappa shape index (κ1) is 34.6. The van der Waals surface area contributed by atoms with Gasteiger partial charge in [-0.1, -0.05) is 87.2 Å². The van der Waals surface area contributed by atoms with Crippen LogP contribution in [0.15, 0.2) is 78.9 Å². The summed E-state index contributed by atoms with van der Waals surface area (Å²) in [4.78, 5) is 67.4. The van der Waals surface area contributed by atoms with Gasteiger partial charge in [-0.05, 0) is 62.4 Å². The number of unbranched alkanes of at least 4 members (excludes halogenated alkanes) is 4. The molecule has 0 aliphatic carbocycles. The average molecular weight is 645 g/mol. The number of benzene rings is 3. The third kappa shape index (κ3) is 8.91. The average Bonchev–Trinajstić information content (AvgIpc) is 3.29. The maximum absolute atomic E-state index is 14.0. The first-order valence-electron chi connectivity index (χ1n) is 16.0. The first-order valence-corrected chi connectivity index (χ1v) is 16.4. The molecule has 0 spiro atoms. The van der Waals surface area contributed by atoms with Crippen molar-refractivity contribution in [2.45, 2.75) is 89.2 Å². The van der Waals surface area contributed by atoms with E-state index in [0.717, 1.165) is 37.0 Å². The molecule has 8 nitrogen and oxygen atoms in total. The predicted molar refractivity (Wildman–Crippen MR) is 178 cm³/mol. The molecule has 0 bridgehead atoms. The summed E-state index contributed by atoms with van der Waals surface area (Å²) in [5, 5.41) is 1.73. The molecule has 3 amide bonds. The Balaban J connectivity index is 1.50. The summed E-state index contributed by atoms with van der Waals surface area (Å²) in [5.41, 5.74) is 2.11. The summed E-state index contributed by atoms with van der Waals surface area (Å²) in [5.74, 6) is -2.71. The number of hydrogen-bond donors (Lipinski definition) is 1. The number of hydrogen-bond acceptors (Lipinski definition) is 6. The summed E-state index contributed by atoms with van der Waals surface area (Å²) in [6.07, 6.45) is 5.05. The number of nitrogens with one attached hydrogen (secondary N) is 1. The first-order chi connectivity index (χ1) is 22.2. The lowest BCUT2D eigenvalue weighted by Gasteiger charge is -2.30. The zero-order valence-corrected chi connectivity index (χ0v) is 27.1. The Labute approximate surface area is 275 Å². The van der Waals surface area contributed by atoms with Gasteiger partial charge >= 0.3 is 5.97 Å².